The van der Waals surface area contributed by atoms with E-state index in [1.807, 2.05) is 18.2 Å². The van der Waals surface area contributed by atoms with Crippen LogP contribution in [0, 0.1) is 6.92 Å². The highest BCUT2D eigenvalue weighted by Gasteiger charge is 2.18. The highest BCUT2D eigenvalue weighted by atomic mass is 35.5. The first kappa shape index (κ1) is 18.5. The quantitative estimate of drug-likeness (QED) is 0.628. The van der Waals surface area contributed by atoms with Crippen molar-refractivity contribution in [2.45, 2.75) is 6.92 Å². The molecule has 0 radical (unpaired) electrons. The molecule has 3 rings (SSSR count). The van der Waals surface area contributed by atoms with Crippen molar-refractivity contribution >= 4 is 40.6 Å². The number of nitrogens with zero attached hydrogens (tertiary/aromatic N) is 2. The van der Waals surface area contributed by atoms with Gasteiger partial charge in [-0.2, -0.15) is 5.10 Å². The van der Waals surface area contributed by atoms with Gasteiger partial charge in [-0.3, -0.25) is 9.48 Å². The molecule has 8 heteroatoms. The first-order chi connectivity index (χ1) is 12.9. The molecule has 0 aliphatic rings. The third-order valence-electron chi connectivity index (χ3n) is 3.81. The summed E-state index contributed by atoms with van der Waals surface area (Å²) in [5.74, 6) is -0.340. The lowest BCUT2D eigenvalue weighted by Crippen LogP contribution is -2.19. The van der Waals surface area contributed by atoms with Gasteiger partial charge < -0.3 is 16.0 Å². The first-order valence-corrected chi connectivity index (χ1v) is 8.55. The lowest BCUT2D eigenvalue weighted by molar-refractivity contribution is 0.102. The summed E-state index contributed by atoms with van der Waals surface area (Å²) >= 11 is 6.11. The number of nitrogens with one attached hydrogen (secondary N) is 3. The molecule has 138 valence electrons. The standard InChI is InChI=1S/C19H18ClN5O2/c1-12-16(17(20)25(2)24-12)18(26)21-14-8-10-15(11-9-14)23-19(27)22-13-6-4-3-5-7-13/h3-11H,1-2H3,(H,21,26)(H2,22,23,27). The maximum atomic E-state index is 12.4. The van der Waals surface area contributed by atoms with E-state index in [1.165, 1.54) is 4.68 Å². The molecule has 7 nitrogen and oxygen atoms in total. The maximum absolute atomic E-state index is 12.4. The van der Waals surface area contributed by atoms with Crippen LogP contribution in [0.15, 0.2) is 54.6 Å². The minimum Gasteiger partial charge on any atom is -0.322 e. The van der Waals surface area contributed by atoms with E-state index < -0.39 is 0 Å². The summed E-state index contributed by atoms with van der Waals surface area (Å²) in [6.45, 7) is 1.72. The molecule has 0 saturated heterocycles. The Balaban J connectivity index is 1.61. The fourth-order valence-electron chi connectivity index (χ4n) is 2.53. The lowest BCUT2D eigenvalue weighted by atomic mass is 10.2. The minimum atomic E-state index is -0.351. The van der Waals surface area contributed by atoms with Gasteiger partial charge in [0.25, 0.3) is 5.91 Å². The number of aromatic nitrogens is 2. The molecule has 2 aromatic carbocycles. The zero-order chi connectivity index (χ0) is 19.4. The van der Waals surface area contributed by atoms with E-state index in [-0.39, 0.29) is 17.1 Å². The summed E-state index contributed by atoms with van der Waals surface area (Å²) in [5.41, 5.74) is 2.76. The van der Waals surface area contributed by atoms with E-state index in [4.69, 9.17) is 11.6 Å². The van der Waals surface area contributed by atoms with Gasteiger partial charge in [0.05, 0.1) is 11.3 Å². The molecule has 1 heterocycles. The zero-order valence-electron chi connectivity index (χ0n) is 14.8. The van der Waals surface area contributed by atoms with Crippen molar-refractivity contribution in [3.63, 3.8) is 0 Å². The number of amides is 3. The Hall–Kier alpha value is -3.32. The number of carbonyl (C=O) groups excluding carboxylic acids is 2. The number of hydrogen-bond acceptors (Lipinski definition) is 3. The van der Waals surface area contributed by atoms with Gasteiger partial charge in [-0.15, -0.1) is 0 Å². The molecule has 0 bridgehead atoms. The average Bonchev–Trinajstić information content (AvgIpc) is 2.89. The Labute approximate surface area is 161 Å². The normalized spacial score (nSPS) is 10.3. The first-order valence-electron chi connectivity index (χ1n) is 8.17. The highest BCUT2D eigenvalue weighted by molar-refractivity contribution is 6.33. The molecule has 0 atom stereocenters. The molecule has 0 saturated carbocycles. The fourth-order valence-corrected chi connectivity index (χ4v) is 2.79. The fraction of sp³-hybridized carbons (Fsp3) is 0.105. The van der Waals surface area contributed by atoms with Gasteiger partial charge in [0.2, 0.25) is 0 Å². The van der Waals surface area contributed by atoms with Crippen LogP contribution in [0.4, 0.5) is 21.9 Å². The molecule has 3 amide bonds. The predicted octanol–water partition coefficient (Wildman–Crippen LogP) is 4.28. The van der Waals surface area contributed by atoms with Gasteiger partial charge in [-0.1, -0.05) is 29.8 Å². The van der Waals surface area contributed by atoms with Crippen molar-refractivity contribution in [3.8, 4) is 0 Å². The van der Waals surface area contributed by atoms with Gasteiger partial charge in [0, 0.05) is 24.1 Å². The molecule has 3 aromatic rings. The number of hydrogen-bond donors (Lipinski definition) is 3. The van der Waals surface area contributed by atoms with Gasteiger partial charge in [-0.05, 0) is 43.3 Å². The van der Waals surface area contributed by atoms with Crippen LogP contribution in [0.2, 0.25) is 5.15 Å². The van der Waals surface area contributed by atoms with Crippen LogP contribution in [0.5, 0.6) is 0 Å². The number of carbonyl (C=O) groups is 2. The molecular formula is C19H18ClN5O2. The second-order valence-electron chi connectivity index (χ2n) is 5.85. The molecule has 0 fully saturated rings. The molecule has 1 aromatic heterocycles. The second-order valence-corrected chi connectivity index (χ2v) is 6.21. The summed E-state index contributed by atoms with van der Waals surface area (Å²) in [6.07, 6.45) is 0. The van der Waals surface area contributed by atoms with Crippen molar-refractivity contribution in [1.82, 2.24) is 9.78 Å². The number of anilines is 3. The SMILES string of the molecule is Cc1nn(C)c(Cl)c1C(=O)Nc1ccc(NC(=O)Nc2ccccc2)cc1. The molecule has 0 spiro atoms. The van der Waals surface area contributed by atoms with Crippen LogP contribution in [0.1, 0.15) is 16.1 Å². The average molecular weight is 384 g/mol. The summed E-state index contributed by atoms with van der Waals surface area (Å²) < 4.78 is 1.45. The van der Waals surface area contributed by atoms with Crippen LogP contribution in [0.25, 0.3) is 0 Å². The summed E-state index contributed by atoms with van der Waals surface area (Å²) in [4.78, 5) is 24.4. The van der Waals surface area contributed by atoms with Gasteiger partial charge >= 0.3 is 6.03 Å². The highest BCUT2D eigenvalue weighted by Crippen LogP contribution is 2.21. The molecule has 0 aliphatic heterocycles. The number of urea groups is 1. The van der Waals surface area contributed by atoms with Crippen LogP contribution in [0.3, 0.4) is 0 Å². The number of benzene rings is 2. The number of aryl methyl sites for hydroxylation is 2. The number of para-hydroxylation sites is 1. The Kier molecular flexibility index (Phi) is 5.42. The Morgan fingerprint density at radius 3 is 1.93 bits per heavy atom. The molecule has 27 heavy (non-hydrogen) atoms. The van der Waals surface area contributed by atoms with Crippen LogP contribution >= 0.6 is 11.6 Å². The van der Waals surface area contributed by atoms with Crippen molar-refractivity contribution in [3.05, 3.63) is 71.0 Å². The monoisotopic (exact) mass is 383 g/mol. The molecule has 0 aliphatic carbocycles. The van der Waals surface area contributed by atoms with E-state index in [0.717, 1.165) is 0 Å². The minimum absolute atomic E-state index is 0.279. The Morgan fingerprint density at radius 2 is 1.41 bits per heavy atom. The topological polar surface area (TPSA) is 88.1 Å². The third kappa shape index (κ3) is 4.45. The van der Waals surface area contributed by atoms with Crippen molar-refractivity contribution in [2.75, 3.05) is 16.0 Å². The predicted molar refractivity (Wildman–Crippen MR) is 106 cm³/mol. The van der Waals surface area contributed by atoms with Crippen molar-refractivity contribution in [1.29, 1.82) is 0 Å². The van der Waals surface area contributed by atoms with Crippen LogP contribution in [-0.4, -0.2) is 21.7 Å². The largest absolute Gasteiger partial charge is 0.323 e. The van der Waals surface area contributed by atoms with E-state index in [0.29, 0.717) is 28.3 Å². The van der Waals surface area contributed by atoms with Gasteiger partial charge in [0.1, 0.15) is 5.15 Å². The smallest absolute Gasteiger partial charge is 0.322 e. The Bertz CT molecular complexity index is 968. The molecular weight excluding hydrogens is 366 g/mol. The maximum Gasteiger partial charge on any atom is 0.323 e. The van der Waals surface area contributed by atoms with E-state index in [2.05, 4.69) is 21.0 Å². The second kappa shape index (κ2) is 7.92. The zero-order valence-corrected chi connectivity index (χ0v) is 15.5. The molecule has 3 N–H and O–H groups in total. The number of halogens is 1. The van der Waals surface area contributed by atoms with E-state index in [1.54, 1.807) is 50.4 Å². The van der Waals surface area contributed by atoms with Crippen LogP contribution < -0.4 is 16.0 Å². The number of rotatable bonds is 4. The Morgan fingerprint density at radius 1 is 0.889 bits per heavy atom. The summed E-state index contributed by atoms with van der Waals surface area (Å²) in [6, 6.07) is 15.5. The van der Waals surface area contributed by atoms with E-state index >= 15 is 0 Å². The third-order valence-corrected chi connectivity index (χ3v) is 4.25. The summed E-state index contributed by atoms with van der Waals surface area (Å²) in [7, 11) is 1.67. The van der Waals surface area contributed by atoms with Crippen molar-refractivity contribution in [2.24, 2.45) is 7.05 Å². The molecule has 0 unspecified atom stereocenters. The summed E-state index contributed by atoms with van der Waals surface area (Å²) in [5, 5.41) is 12.6. The van der Waals surface area contributed by atoms with Crippen molar-refractivity contribution < 1.29 is 9.59 Å². The lowest BCUT2D eigenvalue weighted by Gasteiger charge is -2.09. The van der Waals surface area contributed by atoms with Crippen LogP contribution in [-0.2, 0) is 7.05 Å². The van der Waals surface area contributed by atoms with E-state index in [9.17, 15) is 9.59 Å². The van der Waals surface area contributed by atoms with Gasteiger partial charge in [0.15, 0.2) is 0 Å². The van der Waals surface area contributed by atoms with Gasteiger partial charge in [-0.25, -0.2) is 4.79 Å².